The number of halogens is 2. The molecule has 96 valence electrons. The lowest BCUT2D eigenvalue weighted by molar-refractivity contribution is 0.0590. The molecule has 0 aliphatic carbocycles. The summed E-state index contributed by atoms with van der Waals surface area (Å²) in [7, 11) is -0.545. The number of esters is 1. The second-order valence-electron chi connectivity index (χ2n) is 4.81. The number of benzene rings is 1. The van der Waals surface area contributed by atoms with Crippen LogP contribution in [0.25, 0.3) is 0 Å². The maximum Gasteiger partial charge on any atom is 0.343 e. The van der Waals surface area contributed by atoms with Gasteiger partial charge in [-0.05, 0) is 12.1 Å². The number of rotatable bonds is 1. The van der Waals surface area contributed by atoms with E-state index in [0.717, 1.165) is 19.2 Å². The molecule has 0 saturated carbocycles. The normalized spacial score (nSPS) is 10.6. The van der Waals surface area contributed by atoms with Crippen LogP contribution in [0.4, 0.5) is 8.78 Å². The molecule has 0 spiro atoms. The number of carbonyl (C=O) groups excluding carboxylic acids is 1. The standard InChI is InChI=1S/C13H14F2O2Si/c1-17-13(16)12-10(14)7-9(8-11(12)15)5-6-18(2,3)4/h7-8H,1-4H3. The predicted octanol–water partition coefficient (Wildman–Crippen LogP) is 2.98. The fourth-order valence-electron chi connectivity index (χ4n) is 1.20. The molecule has 0 fully saturated rings. The monoisotopic (exact) mass is 268 g/mol. The van der Waals surface area contributed by atoms with E-state index in [2.05, 4.69) is 16.2 Å². The SMILES string of the molecule is COC(=O)c1c(F)cc(C#C[Si](C)(C)C)cc1F. The Morgan fingerprint density at radius 2 is 1.72 bits per heavy atom. The maximum atomic E-state index is 13.6. The Morgan fingerprint density at radius 1 is 1.22 bits per heavy atom. The number of hydrogen-bond acceptors (Lipinski definition) is 2. The molecule has 0 aliphatic rings. The lowest BCUT2D eigenvalue weighted by Crippen LogP contribution is -2.16. The van der Waals surface area contributed by atoms with Gasteiger partial charge in [0, 0.05) is 5.56 Å². The summed E-state index contributed by atoms with van der Waals surface area (Å²) in [6.45, 7) is 6.07. The summed E-state index contributed by atoms with van der Waals surface area (Å²) in [4.78, 5) is 11.2. The van der Waals surface area contributed by atoms with E-state index >= 15 is 0 Å². The average molecular weight is 268 g/mol. The van der Waals surface area contributed by atoms with Crippen LogP contribution in [0.1, 0.15) is 15.9 Å². The second kappa shape index (κ2) is 5.32. The van der Waals surface area contributed by atoms with Gasteiger partial charge in [0.05, 0.1) is 7.11 Å². The second-order valence-corrected chi connectivity index (χ2v) is 9.56. The first-order chi connectivity index (χ1) is 8.24. The van der Waals surface area contributed by atoms with Crippen molar-refractivity contribution in [2.75, 3.05) is 7.11 Å². The van der Waals surface area contributed by atoms with Crippen molar-refractivity contribution >= 4 is 14.0 Å². The molecular formula is C13H14F2O2Si. The molecule has 1 aromatic carbocycles. The van der Waals surface area contributed by atoms with Gasteiger partial charge in [0.2, 0.25) is 0 Å². The van der Waals surface area contributed by atoms with Crippen molar-refractivity contribution in [2.45, 2.75) is 19.6 Å². The molecule has 0 radical (unpaired) electrons. The number of carbonyl (C=O) groups is 1. The molecule has 5 heteroatoms. The summed E-state index contributed by atoms with van der Waals surface area (Å²) >= 11 is 0. The van der Waals surface area contributed by atoms with Gasteiger partial charge < -0.3 is 4.74 Å². The molecule has 0 unspecified atom stereocenters. The van der Waals surface area contributed by atoms with Gasteiger partial charge in [-0.3, -0.25) is 0 Å². The van der Waals surface area contributed by atoms with Gasteiger partial charge in [-0.15, -0.1) is 5.54 Å². The number of ether oxygens (including phenoxy) is 1. The summed E-state index contributed by atoms with van der Waals surface area (Å²) in [6.07, 6.45) is 0. The van der Waals surface area contributed by atoms with Crippen molar-refractivity contribution in [3.8, 4) is 11.5 Å². The third-order valence-electron chi connectivity index (χ3n) is 2.01. The molecule has 0 saturated heterocycles. The van der Waals surface area contributed by atoms with Crippen molar-refractivity contribution in [2.24, 2.45) is 0 Å². The van der Waals surface area contributed by atoms with Crippen LogP contribution >= 0.6 is 0 Å². The molecule has 0 aromatic heterocycles. The minimum Gasteiger partial charge on any atom is -0.465 e. The number of hydrogen-bond donors (Lipinski definition) is 0. The predicted molar refractivity (Wildman–Crippen MR) is 67.9 cm³/mol. The van der Waals surface area contributed by atoms with Crippen LogP contribution in [0.5, 0.6) is 0 Å². The summed E-state index contributed by atoms with van der Waals surface area (Å²) in [5.74, 6) is -0.216. The molecule has 1 rings (SSSR count). The highest BCUT2D eigenvalue weighted by Crippen LogP contribution is 2.16. The third kappa shape index (κ3) is 3.67. The van der Waals surface area contributed by atoms with Crippen LogP contribution in [0.15, 0.2) is 12.1 Å². The van der Waals surface area contributed by atoms with E-state index in [4.69, 9.17) is 0 Å². The molecule has 0 amide bonds. The van der Waals surface area contributed by atoms with Crippen LogP contribution in [0.3, 0.4) is 0 Å². The van der Waals surface area contributed by atoms with Crippen molar-refractivity contribution in [3.63, 3.8) is 0 Å². The summed E-state index contributed by atoms with van der Waals surface area (Å²) in [5.41, 5.74) is 2.53. The fraction of sp³-hybridized carbons (Fsp3) is 0.308. The van der Waals surface area contributed by atoms with Crippen LogP contribution < -0.4 is 0 Å². The summed E-state index contributed by atoms with van der Waals surface area (Å²) in [6, 6.07) is 2.09. The molecular weight excluding hydrogens is 254 g/mol. The van der Waals surface area contributed by atoms with E-state index in [1.807, 2.05) is 19.6 Å². The first-order valence-electron chi connectivity index (χ1n) is 5.35. The zero-order valence-corrected chi connectivity index (χ0v) is 11.7. The highest BCUT2D eigenvalue weighted by Gasteiger charge is 2.19. The Balaban J connectivity index is 3.22. The number of methoxy groups -OCH3 is 1. The van der Waals surface area contributed by atoms with Gasteiger partial charge in [-0.25, -0.2) is 13.6 Å². The van der Waals surface area contributed by atoms with E-state index in [1.54, 1.807) is 0 Å². The highest BCUT2D eigenvalue weighted by atomic mass is 28.3. The Bertz CT molecular complexity index is 513. The van der Waals surface area contributed by atoms with E-state index in [1.165, 1.54) is 0 Å². The Hall–Kier alpha value is -1.67. The van der Waals surface area contributed by atoms with Gasteiger partial charge in [0.1, 0.15) is 25.3 Å². The Kier molecular flexibility index (Phi) is 4.25. The van der Waals surface area contributed by atoms with Gasteiger partial charge in [-0.2, -0.15) is 0 Å². The first-order valence-corrected chi connectivity index (χ1v) is 8.85. The van der Waals surface area contributed by atoms with Gasteiger partial charge in [-0.1, -0.05) is 25.6 Å². The molecule has 2 nitrogen and oxygen atoms in total. The van der Waals surface area contributed by atoms with E-state index < -0.39 is 31.2 Å². The summed E-state index contributed by atoms with van der Waals surface area (Å²) in [5, 5.41) is 0. The molecule has 1 aromatic rings. The van der Waals surface area contributed by atoms with Gasteiger partial charge in [0.25, 0.3) is 0 Å². The molecule has 0 bridgehead atoms. The topological polar surface area (TPSA) is 26.3 Å². The zero-order valence-electron chi connectivity index (χ0n) is 10.7. The largest absolute Gasteiger partial charge is 0.465 e. The van der Waals surface area contributed by atoms with Gasteiger partial charge in [0.15, 0.2) is 0 Å². The quantitative estimate of drug-likeness (QED) is 0.444. The highest BCUT2D eigenvalue weighted by molar-refractivity contribution is 6.83. The van der Waals surface area contributed by atoms with Crippen LogP contribution in [-0.4, -0.2) is 21.2 Å². The summed E-state index contributed by atoms with van der Waals surface area (Å²) < 4.78 is 31.4. The molecule has 0 atom stereocenters. The average Bonchev–Trinajstić information content (AvgIpc) is 2.24. The van der Waals surface area contributed by atoms with E-state index in [0.29, 0.717) is 0 Å². The van der Waals surface area contributed by atoms with E-state index in [-0.39, 0.29) is 5.56 Å². The zero-order chi connectivity index (χ0) is 13.9. The lowest BCUT2D eigenvalue weighted by atomic mass is 10.1. The smallest absolute Gasteiger partial charge is 0.343 e. The first kappa shape index (κ1) is 14.4. The lowest BCUT2D eigenvalue weighted by Gasteiger charge is -2.05. The molecule has 0 aliphatic heterocycles. The molecule has 0 N–H and O–H groups in total. The van der Waals surface area contributed by atoms with Crippen molar-refractivity contribution in [1.29, 1.82) is 0 Å². The van der Waals surface area contributed by atoms with Crippen molar-refractivity contribution < 1.29 is 18.3 Å². The Morgan fingerprint density at radius 3 is 2.11 bits per heavy atom. The minimum absolute atomic E-state index is 0.222. The Labute approximate surface area is 106 Å². The van der Waals surface area contributed by atoms with Gasteiger partial charge >= 0.3 is 5.97 Å². The van der Waals surface area contributed by atoms with Crippen molar-refractivity contribution in [3.05, 3.63) is 34.9 Å². The third-order valence-corrected chi connectivity index (χ3v) is 2.89. The minimum atomic E-state index is -1.61. The maximum absolute atomic E-state index is 13.6. The van der Waals surface area contributed by atoms with E-state index in [9.17, 15) is 13.6 Å². The van der Waals surface area contributed by atoms with Crippen LogP contribution in [0.2, 0.25) is 19.6 Å². The van der Waals surface area contributed by atoms with Crippen LogP contribution in [-0.2, 0) is 4.74 Å². The molecule has 18 heavy (non-hydrogen) atoms. The fourth-order valence-corrected chi connectivity index (χ4v) is 1.72. The van der Waals surface area contributed by atoms with Crippen molar-refractivity contribution in [1.82, 2.24) is 0 Å². The molecule has 0 heterocycles. The van der Waals surface area contributed by atoms with Crippen LogP contribution in [0, 0.1) is 23.1 Å².